The summed E-state index contributed by atoms with van der Waals surface area (Å²) in [6, 6.07) is 32.2. The molecule has 0 aromatic heterocycles. The quantitative estimate of drug-likeness (QED) is 0.363. The normalized spacial score (nSPS) is 11.8. The number of benzene rings is 4. The number of rotatable bonds is 5. The Kier molecular flexibility index (Phi) is 6.63. The van der Waals surface area contributed by atoms with Crippen molar-refractivity contribution in [2.75, 3.05) is 4.72 Å². The van der Waals surface area contributed by atoms with Gasteiger partial charge in [-0.2, -0.15) is 0 Å². The van der Waals surface area contributed by atoms with Crippen molar-refractivity contribution in [2.24, 2.45) is 0 Å². The van der Waals surface area contributed by atoms with Crippen LogP contribution in [-0.2, 0) is 10.0 Å². The van der Waals surface area contributed by atoms with E-state index in [2.05, 4.69) is 16.6 Å². The van der Waals surface area contributed by atoms with Crippen LogP contribution in [0.5, 0.6) is 0 Å². The molecule has 0 spiro atoms. The fourth-order valence-corrected chi connectivity index (χ4v) is 4.63. The molecule has 0 fully saturated rings. The van der Waals surface area contributed by atoms with E-state index in [0.717, 1.165) is 22.3 Å². The van der Waals surface area contributed by atoms with Gasteiger partial charge < -0.3 is 0 Å². The van der Waals surface area contributed by atoms with Crippen LogP contribution >= 0.6 is 0 Å². The third-order valence-electron chi connectivity index (χ3n) is 5.39. The summed E-state index contributed by atoms with van der Waals surface area (Å²) in [6.45, 7) is 3.97. The van der Waals surface area contributed by atoms with Gasteiger partial charge in [0.15, 0.2) is 0 Å². The van der Waals surface area contributed by atoms with Gasteiger partial charge in [-0.1, -0.05) is 95.8 Å². The van der Waals surface area contributed by atoms with Crippen molar-refractivity contribution in [3.05, 3.63) is 131 Å². The second-order valence-electron chi connectivity index (χ2n) is 7.98. The van der Waals surface area contributed by atoms with E-state index in [9.17, 15) is 8.42 Å². The van der Waals surface area contributed by atoms with Gasteiger partial charge in [-0.3, -0.25) is 4.72 Å². The van der Waals surface area contributed by atoms with Crippen LogP contribution in [0, 0.1) is 25.7 Å². The summed E-state index contributed by atoms with van der Waals surface area (Å²) in [6.07, 6.45) is 0. The topological polar surface area (TPSA) is 46.2 Å². The summed E-state index contributed by atoms with van der Waals surface area (Å²) in [5.74, 6) is 6.34. The lowest BCUT2D eigenvalue weighted by Crippen LogP contribution is -2.15. The van der Waals surface area contributed by atoms with E-state index in [-0.39, 0.29) is 10.8 Å². The van der Waals surface area contributed by atoms with Crippen LogP contribution in [0.15, 0.2) is 108 Å². The van der Waals surface area contributed by atoms with Gasteiger partial charge in [0.2, 0.25) is 0 Å². The molecule has 4 rings (SSSR count). The molecule has 0 aliphatic carbocycles. The third-order valence-corrected chi connectivity index (χ3v) is 6.77. The van der Waals surface area contributed by atoms with E-state index in [1.807, 2.05) is 86.6 Å². The maximum atomic E-state index is 13.1. The van der Waals surface area contributed by atoms with Crippen LogP contribution < -0.4 is 4.72 Å². The fourth-order valence-electron chi connectivity index (χ4n) is 3.54. The first-order valence-electron chi connectivity index (χ1n) is 10.7. The Morgan fingerprint density at radius 1 is 0.697 bits per heavy atom. The van der Waals surface area contributed by atoms with Crippen molar-refractivity contribution in [2.45, 2.75) is 24.7 Å². The maximum absolute atomic E-state index is 13.1. The summed E-state index contributed by atoms with van der Waals surface area (Å²) >= 11 is 0. The van der Waals surface area contributed by atoms with Gasteiger partial charge in [-0.05, 0) is 55.3 Å². The zero-order chi connectivity index (χ0) is 23.3. The van der Waals surface area contributed by atoms with Crippen molar-refractivity contribution in [1.29, 1.82) is 0 Å². The summed E-state index contributed by atoms with van der Waals surface area (Å²) in [7, 11) is -3.74. The minimum atomic E-state index is -3.74. The Labute approximate surface area is 196 Å². The number of nitrogens with one attached hydrogen (secondary N) is 1. The average molecular weight is 452 g/mol. The van der Waals surface area contributed by atoms with Gasteiger partial charge in [0.05, 0.1) is 16.5 Å². The fraction of sp³-hybridized carbons (Fsp3) is 0.103. The second-order valence-corrected chi connectivity index (χ2v) is 9.67. The molecule has 4 heteroatoms. The molecular weight excluding hydrogens is 426 g/mol. The Hall–Kier alpha value is -3.81. The lowest BCUT2D eigenvalue weighted by molar-refractivity contribution is 0.601. The summed E-state index contributed by atoms with van der Waals surface area (Å²) in [5, 5.41) is 0. The molecule has 0 bridgehead atoms. The molecule has 1 atom stereocenters. The molecule has 1 N–H and O–H groups in total. The van der Waals surface area contributed by atoms with Crippen LogP contribution in [-0.4, -0.2) is 8.42 Å². The number of hydrogen-bond donors (Lipinski definition) is 1. The van der Waals surface area contributed by atoms with Gasteiger partial charge in [0.1, 0.15) is 0 Å². The Morgan fingerprint density at radius 2 is 1.27 bits per heavy atom. The number of para-hydroxylation sites is 1. The van der Waals surface area contributed by atoms with Crippen LogP contribution in [0.2, 0.25) is 0 Å². The van der Waals surface area contributed by atoms with Crippen molar-refractivity contribution >= 4 is 15.7 Å². The second kappa shape index (κ2) is 9.77. The van der Waals surface area contributed by atoms with Crippen molar-refractivity contribution < 1.29 is 8.42 Å². The molecule has 3 nitrogen and oxygen atoms in total. The molecule has 0 amide bonds. The zero-order valence-corrected chi connectivity index (χ0v) is 19.4. The van der Waals surface area contributed by atoms with E-state index < -0.39 is 10.0 Å². The number of aryl methyl sites for hydroxylation is 2. The van der Waals surface area contributed by atoms with Gasteiger partial charge in [0.25, 0.3) is 10.0 Å². The van der Waals surface area contributed by atoms with Gasteiger partial charge in [-0.25, -0.2) is 8.42 Å². The monoisotopic (exact) mass is 451 g/mol. The highest BCUT2D eigenvalue weighted by Gasteiger charge is 2.20. The number of sulfonamides is 1. The first-order chi connectivity index (χ1) is 15.9. The molecule has 0 aliphatic rings. The molecule has 1 unspecified atom stereocenters. The van der Waals surface area contributed by atoms with Crippen molar-refractivity contribution in [3.63, 3.8) is 0 Å². The average Bonchev–Trinajstić information content (AvgIpc) is 2.82. The van der Waals surface area contributed by atoms with Gasteiger partial charge >= 0.3 is 0 Å². The first-order valence-corrected chi connectivity index (χ1v) is 12.2. The van der Waals surface area contributed by atoms with E-state index >= 15 is 0 Å². The van der Waals surface area contributed by atoms with Gasteiger partial charge in [-0.15, -0.1) is 0 Å². The third kappa shape index (κ3) is 5.52. The van der Waals surface area contributed by atoms with Crippen LogP contribution in [0.1, 0.15) is 33.7 Å². The van der Waals surface area contributed by atoms with E-state index in [1.54, 1.807) is 30.3 Å². The van der Waals surface area contributed by atoms with E-state index in [4.69, 9.17) is 0 Å². The lowest BCUT2D eigenvalue weighted by Gasteiger charge is -2.18. The smallest absolute Gasteiger partial charge is 0.261 e. The number of anilines is 1. The SMILES string of the molecule is Cc1ccc(C#CC(c2ccccc2)c2ccccc2NS(=O)(=O)c2ccc(C)cc2)cc1. The molecule has 164 valence electrons. The van der Waals surface area contributed by atoms with Crippen molar-refractivity contribution in [3.8, 4) is 11.8 Å². The minimum Gasteiger partial charge on any atom is -0.279 e. The molecule has 4 aromatic rings. The number of hydrogen-bond acceptors (Lipinski definition) is 2. The summed E-state index contributed by atoms with van der Waals surface area (Å²) in [5.41, 5.74) is 5.42. The van der Waals surface area contributed by atoms with Crippen molar-refractivity contribution in [1.82, 2.24) is 0 Å². The highest BCUT2D eigenvalue weighted by Crippen LogP contribution is 2.31. The van der Waals surface area contributed by atoms with Gasteiger partial charge in [0, 0.05) is 5.56 Å². The summed E-state index contributed by atoms with van der Waals surface area (Å²) in [4.78, 5) is 0.227. The van der Waals surface area contributed by atoms with Crippen LogP contribution in [0.4, 0.5) is 5.69 Å². The largest absolute Gasteiger partial charge is 0.279 e. The minimum absolute atomic E-state index is 0.227. The zero-order valence-electron chi connectivity index (χ0n) is 18.6. The highest BCUT2D eigenvalue weighted by molar-refractivity contribution is 7.92. The van der Waals surface area contributed by atoms with Crippen LogP contribution in [0.3, 0.4) is 0 Å². The predicted molar refractivity (Wildman–Crippen MR) is 135 cm³/mol. The maximum Gasteiger partial charge on any atom is 0.261 e. The first kappa shape index (κ1) is 22.4. The van der Waals surface area contributed by atoms with E-state index in [0.29, 0.717) is 5.69 Å². The van der Waals surface area contributed by atoms with Crippen LogP contribution in [0.25, 0.3) is 0 Å². The Balaban J connectivity index is 1.76. The molecule has 0 saturated carbocycles. The molecule has 0 heterocycles. The summed E-state index contributed by atoms with van der Waals surface area (Å²) < 4.78 is 29.0. The Morgan fingerprint density at radius 3 is 1.94 bits per heavy atom. The highest BCUT2D eigenvalue weighted by atomic mass is 32.2. The standard InChI is InChI=1S/C29H25NO2S/c1-22-12-16-24(17-13-22)18-21-27(25-8-4-3-5-9-25)28-10-6-7-11-29(28)30-33(31,32)26-19-14-23(2)15-20-26/h3-17,19-20,27,30H,1-2H3. The molecule has 4 aromatic carbocycles. The molecule has 0 aliphatic heterocycles. The molecular formula is C29H25NO2S. The molecule has 33 heavy (non-hydrogen) atoms. The molecule has 0 saturated heterocycles. The predicted octanol–water partition coefficient (Wildman–Crippen LogP) is 6.29. The van der Waals surface area contributed by atoms with E-state index in [1.165, 1.54) is 5.56 Å². The Bertz CT molecular complexity index is 1400. The molecule has 0 radical (unpaired) electrons. The lowest BCUT2D eigenvalue weighted by atomic mass is 9.90.